The van der Waals surface area contributed by atoms with E-state index >= 15 is 0 Å². The van der Waals surface area contributed by atoms with Gasteiger partial charge in [-0.25, -0.2) is 0 Å². The van der Waals surface area contributed by atoms with Crippen molar-refractivity contribution < 1.29 is 32.3 Å². The van der Waals surface area contributed by atoms with Gasteiger partial charge >= 0.3 is 5.97 Å². The zero-order valence-electron chi connectivity index (χ0n) is 5.39. The van der Waals surface area contributed by atoms with Crippen LogP contribution in [0.5, 0.6) is 0 Å². The summed E-state index contributed by atoms with van der Waals surface area (Å²) in [6.07, 6.45) is 0. The molecule has 9 heavy (non-hydrogen) atoms. The van der Waals surface area contributed by atoms with E-state index in [0.29, 0.717) is 0 Å². The molecule has 0 heterocycles. The number of carboxylic acid groups (broad SMARTS) is 1. The second-order valence-electron chi connectivity index (χ2n) is 1.49. The maximum absolute atomic E-state index is 9.70. The predicted molar refractivity (Wildman–Crippen MR) is 33.0 cm³/mol. The Hall–Kier alpha value is 0.130. The third kappa shape index (κ3) is 17.9. The quantitative estimate of drug-likeness (QED) is 0.694. The topological polar surface area (TPSA) is 104 Å². The van der Waals surface area contributed by atoms with Crippen molar-refractivity contribution >= 4 is 5.97 Å². The minimum Gasteiger partial charge on any atom is -0.693 e. The summed E-state index contributed by atoms with van der Waals surface area (Å²) in [7, 11) is 0. The van der Waals surface area contributed by atoms with Crippen LogP contribution in [0.15, 0.2) is 0 Å². The van der Waals surface area contributed by atoms with Crippen molar-refractivity contribution in [2.45, 2.75) is 13.8 Å². The van der Waals surface area contributed by atoms with Gasteiger partial charge in [-0.2, -0.15) is 0 Å². The number of aliphatic carboxylic acids is 1. The molecule has 0 aromatic carbocycles. The van der Waals surface area contributed by atoms with E-state index in [9.17, 15) is 4.79 Å². The summed E-state index contributed by atoms with van der Waals surface area (Å²) in [6, 6.07) is 0. The van der Waals surface area contributed by atoms with Gasteiger partial charge in [0.2, 0.25) is 0 Å². The van der Waals surface area contributed by atoms with Crippen LogP contribution in [-0.4, -0.2) is 11.1 Å². The summed E-state index contributed by atoms with van der Waals surface area (Å²) < 4.78 is 0. The molecule has 0 bridgehead atoms. The number of rotatable bonds is 1. The van der Waals surface area contributed by atoms with E-state index in [0.717, 1.165) is 0 Å². The molecule has 5 heteroatoms. The Kier molecular flexibility index (Phi) is 28.0. The normalized spacial score (nSPS) is 6.11. The average molecular weight is 228 g/mol. The summed E-state index contributed by atoms with van der Waals surface area (Å²) in [4.78, 5) is 9.70. The molecule has 0 atom stereocenters. The van der Waals surface area contributed by atoms with Gasteiger partial charge in [-0.1, -0.05) is 13.8 Å². The van der Waals surface area contributed by atoms with Crippen molar-refractivity contribution in [3.63, 3.8) is 0 Å². The van der Waals surface area contributed by atoms with Crippen LogP contribution in [0.1, 0.15) is 13.8 Å². The van der Waals surface area contributed by atoms with Gasteiger partial charge in [0, 0.05) is 22.4 Å². The first-order valence-corrected chi connectivity index (χ1v) is 1.87. The Morgan fingerprint density at radius 2 is 1.44 bits per heavy atom. The molecule has 0 aliphatic carbocycles. The fraction of sp³-hybridized carbons (Fsp3) is 0.750. The predicted octanol–water partition coefficient (Wildman–Crippen LogP) is 2.16. The summed E-state index contributed by atoms with van der Waals surface area (Å²) in [5, 5.41) is 7.99. The molecule has 0 spiro atoms. The fourth-order valence-corrected chi connectivity index (χ4v) is 0. The van der Waals surface area contributed by atoms with Gasteiger partial charge in [-0.05, 0) is 0 Å². The van der Waals surface area contributed by atoms with Gasteiger partial charge in [0.05, 0.1) is 5.92 Å². The fourth-order valence-electron chi connectivity index (χ4n) is 0. The van der Waals surface area contributed by atoms with Crippen LogP contribution in [0.25, 0.3) is 12.3 Å². The van der Waals surface area contributed by atoms with Gasteiger partial charge in [0.25, 0.3) is 0 Å². The minimum absolute atomic E-state index is 0. The third-order valence-corrected chi connectivity index (χ3v) is 0.494. The number of carbonyl (C=O) groups is 1. The molecule has 0 unspecified atom stereocenters. The van der Waals surface area contributed by atoms with Crippen molar-refractivity contribution in [3.05, 3.63) is 12.3 Å². The van der Waals surface area contributed by atoms with E-state index in [4.69, 9.17) is 5.11 Å². The second kappa shape index (κ2) is 11.0. The molecule has 0 saturated heterocycles. The van der Waals surface area contributed by atoms with Crippen LogP contribution >= 0.6 is 0 Å². The molecule has 0 fully saturated rings. The Morgan fingerprint density at radius 3 is 1.44 bits per heavy atom. The molecule has 5 N–H and O–H groups in total. The van der Waals surface area contributed by atoms with Gasteiger partial charge in [0.15, 0.2) is 0 Å². The first-order valence-electron chi connectivity index (χ1n) is 1.87. The minimum atomic E-state index is -0.741. The molecule has 4 nitrogen and oxygen atoms in total. The first kappa shape index (κ1) is 22.9. The van der Waals surface area contributed by atoms with E-state index < -0.39 is 5.97 Å². The molecule has 0 aliphatic heterocycles. The van der Waals surface area contributed by atoms with Gasteiger partial charge in [-0.15, -0.1) is 0 Å². The van der Waals surface area contributed by atoms with Crippen molar-refractivity contribution in [1.82, 2.24) is 0 Å². The second-order valence-corrected chi connectivity index (χ2v) is 1.49. The first-order chi connectivity index (χ1) is 2.64. The van der Waals surface area contributed by atoms with E-state index in [2.05, 4.69) is 0 Å². The van der Waals surface area contributed by atoms with Crippen molar-refractivity contribution in [1.29, 1.82) is 0 Å². The number of hydrogen-bond donors (Lipinski definition) is 1. The molecular formula is C4H12AgN2O2-2. The summed E-state index contributed by atoms with van der Waals surface area (Å²) >= 11 is 0. The van der Waals surface area contributed by atoms with Crippen molar-refractivity contribution in [2.75, 3.05) is 0 Å². The molecular weight excluding hydrogens is 216 g/mol. The Labute approximate surface area is 70.7 Å². The van der Waals surface area contributed by atoms with Gasteiger partial charge in [0.1, 0.15) is 0 Å². The number of hydrogen-bond acceptors (Lipinski definition) is 1. The summed E-state index contributed by atoms with van der Waals surface area (Å²) in [5.41, 5.74) is 0. The number of nitrogens with two attached hydrogens (primary N) is 2. The van der Waals surface area contributed by atoms with Crippen LogP contribution in [0.4, 0.5) is 0 Å². The Balaban J connectivity index is -0.0000000417. The monoisotopic (exact) mass is 227 g/mol. The SMILES string of the molecule is CC(C)C(=O)O.[Ag].[NH2-].[NH2-]. The van der Waals surface area contributed by atoms with E-state index in [-0.39, 0.29) is 40.6 Å². The zero-order valence-corrected chi connectivity index (χ0v) is 6.87. The Morgan fingerprint density at radius 1 is 1.33 bits per heavy atom. The molecule has 0 rings (SSSR count). The maximum Gasteiger partial charge on any atom is 0.305 e. The molecule has 0 aliphatic rings. The molecule has 0 aromatic heterocycles. The zero-order chi connectivity index (χ0) is 5.15. The van der Waals surface area contributed by atoms with E-state index in [1.165, 1.54) is 0 Å². The van der Waals surface area contributed by atoms with Crippen molar-refractivity contribution in [3.8, 4) is 0 Å². The smallest absolute Gasteiger partial charge is 0.305 e. The summed E-state index contributed by atoms with van der Waals surface area (Å²) in [5.74, 6) is -0.972. The van der Waals surface area contributed by atoms with Crippen LogP contribution in [0.3, 0.4) is 0 Å². The molecule has 0 saturated carbocycles. The van der Waals surface area contributed by atoms with Crippen LogP contribution < -0.4 is 0 Å². The average Bonchev–Trinajstić information content (AvgIpc) is 1.36. The van der Waals surface area contributed by atoms with E-state index in [1.807, 2.05) is 0 Å². The maximum atomic E-state index is 9.70. The van der Waals surface area contributed by atoms with Crippen LogP contribution in [0, 0.1) is 5.92 Å². The molecule has 63 valence electrons. The number of carboxylic acids is 1. The molecule has 0 aromatic rings. The van der Waals surface area contributed by atoms with Crippen LogP contribution in [0.2, 0.25) is 0 Å². The summed E-state index contributed by atoms with van der Waals surface area (Å²) in [6.45, 7) is 3.28. The molecule has 0 amide bonds. The van der Waals surface area contributed by atoms with Gasteiger partial charge in [-0.3, -0.25) is 4.79 Å². The molecule has 1 radical (unpaired) electrons. The van der Waals surface area contributed by atoms with Gasteiger partial charge < -0.3 is 17.4 Å². The van der Waals surface area contributed by atoms with Crippen LogP contribution in [-0.2, 0) is 27.2 Å². The van der Waals surface area contributed by atoms with Crippen molar-refractivity contribution in [2.24, 2.45) is 5.92 Å². The standard InChI is InChI=1S/C4H8O2.Ag.2H2N/c1-3(2)4(5)6;;;/h3H,1-2H3,(H,5,6);;2*1H2/q;;2*-1. The largest absolute Gasteiger partial charge is 0.693 e. The van der Waals surface area contributed by atoms with E-state index in [1.54, 1.807) is 13.8 Å². The third-order valence-electron chi connectivity index (χ3n) is 0.494. The Bertz CT molecular complexity index is 67.6.